The Hall–Kier alpha value is -2.10. The van der Waals surface area contributed by atoms with Crippen LogP contribution in [-0.4, -0.2) is 60.0 Å². The van der Waals surface area contributed by atoms with Crippen LogP contribution in [0.25, 0.3) is 11.1 Å². The summed E-state index contributed by atoms with van der Waals surface area (Å²) in [5, 5.41) is 22.4. The molecule has 2 aliphatic rings. The van der Waals surface area contributed by atoms with E-state index in [1.807, 2.05) is 0 Å². The number of hydrogen-bond acceptors (Lipinski definition) is 5. The summed E-state index contributed by atoms with van der Waals surface area (Å²) in [5.74, 6) is -2.26. The molecule has 0 aromatic heterocycles. The van der Waals surface area contributed by atoms with Gasteiger partial charge >= 0.3 is 0 Å². The first-order valence-electron chi connectivity index (χ1n) is 13.3. The maximum atomic E-state index is 15.4. The first-order valence-corrected chi connectivity index (χ1v) is 13.7. The Morgan fingerprint density at radius 2 is 1.97 bits per heavy atom. The minimum Gasteiger partial charge on any atom is -0.391 e. The zero-order valence-electron chi connectivity index (χ0n) is 21.7. The van der Waals surface area contributed by atoms with Gasteiger partial charge in [0.15, 0.2) is 0 Å². The van der Waals surface area contributed by atoms with E-state index in [0.717, 1.165) is 0 Å². The Bertz CT molecular complexity index is 1130. The van der Waals surface area contributed by atoms with Gasteiger partial charge in [0.1, 0.15) is 11.6 Å². The average Bonchev–Trinajstić information content (AvgIpc) is 3.25. The second kappa shape index (κ2) is 12.4. The second-order valence-electron chi connectivity index (χ2n) is 10.7. The van der Waals surface area contributed by atoms with Gasteiger partial charge in [0.2, 0.25) is 5.91 Å². The zero-order valence-corrected chi connectivity index (χ0v) is 22.5. The summed E-state index contributed by atoms with van der Waals surface area (Å²) in [7, 11) is 1.61. The van der Waals surface area contributed by atoms with Gasteiger partial charge in [-0.3, -0.25) is 4.79 Å². The Balaban J connectivity index is 1.71. The summed E-state index contributed by atoms with van der Waals surface area (Å²) < 4.78 is 35.8. The van der Waals surface area contributed by atoms with Crippen molar-refractivity contribution in [2.45, 2.75) is 62.7 Å². The van der Waals surface area contributed by atoms with Gasteiger partial charge in [-0.05, 0) is 62.6 Å². The summed E-state index contributed by atoms with van der Waals surface area (Å²) >= 11 is 6.04. The molecule has 4 N–H and O–H groups in total. The molecule has 2 fully saturated rings. The highest BCUT2D eigenvalue weighted by molar-refractivity contribution is 6.31. The lowest BCUT2D eigenvalue weighted by molar-refractivity contribution is -0.141. The van der Waals surface area contributed by atoms with Gasteiger partial charge in [0.05, 0.1) is 16.7 Å². The van der Waals surface area contributed by atoms with Gasteiger partial charge in [-0.1, -0.05) is 35.9 Å². The fourth-order valence-electron chi connectivity index (χ4n) is 6.13. The number of rotatable bonds is 9. The van der Waals surface area contributed by atoms with E-state index in [1.165, 1.54) is 24.3 Å². The summed E-state index contributed by atoms with van der Waals surface area (Å²) in [5.41, 5.74) is 4.67. The number of nitrogens with zero attached hydrogens (tertiary/aromatic N) is 1. The minimum absolute atomic E-state index is 0.0152. The van der Waals surface area contributed by atoms with E-state index < -0.39 is 35.3 Å². The first kappa shape index (κ1) is 28.9. The molecular formula is C29H37ClF2N2O4. The normalized spacial score (nSPS) is 25.4. The number of aliphatic hydroxyl groups excluding tert-OH is 1. The maximum absolute atomic E-state index is 15.4. The molecule has 208 valence electrons. The van der Waals surface area contributed by atoms with Crippen LogP contribution in [0.3, 0.4) is 0 Å². The highest BCUT2D eigenvalue weighted by atomic mass is 35.5. The van der Waals surface area contributed by atoms with Crippen LogP contribution in [0.4, 0.5) is 8.78 Å². The van der Waals surface area contributed by atoms with Crippen molar-refractivity contribution >= 4 is 17.5 Å². The monoisotopic (exact) mass is 550 g/mol. The third-order valence-corrected chi connectivity index (χ3v) is 8.48. The summed E-state index contributed by atoms with van der Waals surface area (Å²) in [6, 6.07) is 8.39. The molecule has 1 aliphatic heterocycles. The van der Waals surface area contributed by atoms with Crippen molar-refractivity contribution in [1.29, 1.82) is 0 Å². The molecule has 0 radical (unpaired) electrons. The molecule has 1 aliphatic carbocycles. The maximum Gasteiger partial charge on any atom is 0.225 e. The van der Waals surface area contributed by atoms with E-state index in [1.54, 1.807) is 24.1 Å². The van der Waals surface area contributed by atoms with Crippen molar-refractivity contribution in [3.63, 3.8) is 0 Å². The van der Waals surface area contributed by atoms with E-state index in [4.69, 9.17) is 22.1 Å². The van der Waals surface area contributed by atoms with Gasteiger partial charge in [-0.25, -0.2) is 8.78 Å². The van der Waals surface area contributed by atoms with Crippen molar-refractivity contribution in [2.24, 2.45) is 17.6 Å². The smallest absolute Gasteiger partial charge is 0.225 e. The van der Waals surface area contributed by atoms with Crippen LogP contribution in [0.15, 0.2) is 36.4 Å². The Labute approximate surface area is 227 Å². The third kappa shape index (κ3) is 5.89. The van der Waals surface area contributed by atoms with Crippen LogP contribution in [-0.2, 0) is 15.1 Å². The quantitative estimate of drug-likeness (QED) is 0.396. The molecule has 2 aromatic carbocycles. The van der Waals surface area contributed by atoms with E-state index in [0.29, 0.717) is 51.7 Å². The fourth-order valence-corrected chi connectivity index (χ4v) is 6.30. The summed E-state index contributed by atoms with van der Waals surface area (Å²) in [4.78, 5) is 15.1. The largest absolute Gasteiger partial charge is 0.391 e. The summed E-state index contributed by atoms with van der Waals surface area (Å²) in [6.07, 6.45) is 2.88. The van der Waals surface area contributed by atoms with Crippen molar-refractivity contribution < 1.29 is 28.5 Å². The number of carbonyl (C=O) groups is 1. The molecule has 1 saturated carbocycles. The van der Waals surface area contributed by atoms with Gasteiger partial charge in [-0.15, -0.1) is 0 Å². The summed E-state index contributed by atoms with van der Waals surface area (Å²) in [6.45, 7) is 1.32. The van der Waals surface area contributed by atoms with Crippen LogP contribution in [0.1, 0.15) is 50.5 Å². The standard InChI is InChI=1S/C29H37ClF2N2O4/c1-38-14-3-2-12-29(37,19-7-6-13-34(17-19)28(36)18-15-24(33)25(35)16-18)21-9-5-11-23(31)26(21)20-8-4-10-22(30)27(20)32/h4-5,8-11,18-19,24-25,35,37H,2-3,6-7,12-17,33H2,1H3/t18-,19+,24+,25-,29+/m0/s1. The predicted octanol–water partition coefficient (Wildman–Crippen LogP) is 4.63. The lowest BCUT2D eigenvalue weighted by atomic mass is 9.71. The highest BCUT2D eigenvalue weighted by Gasteiger charge is 2.45. The van der Waals surface area contributed by atoms with E-state index in [9.17, 15) is 15.0 Å². The average molecular weight is 551 g/mol. The number of unbranched alkanes of at least 4 members (excludes halogenated alkanes) is 1. The zero-order chi connectivity index (χ0) is 27.4. The molecule has 1 amide bonds. The number of hydrogen-bond donors (Lipinski definition) is 3. The number of carbonyl (C=O) groups excluding carboxylic acids is 1. The third-order valence-electron chi connectivity index (χ3n) is 8.19. The van der Waals surface area contributed by atoms with E-state index in [-0.39, 0.29) is 46.5 Å². The highest BCUT2D eigenvalue weighted by Crippen LogP contribution is 2.45. The molecule has 9 heteroatoms. The number of piperidine rings is 1. The molecule has 1 heterocycles. The van der Waals surface area contributed by atoms with Crippen LogP contribution in [0.5, 0.6) is 0 Å². The van der Waals surface area contributed by atoms with Gasteiger partial charge < -0.3 is 25.6 Å². The molecular weight excluding hydrogens is 514 g/mol. The number of benzene rings is 2. The lowest BCUT2D eigenvalue weighted by Crippen LogP contribution is -2.49. The van der Waals surface area contributed by atoms with Crippen molar-refractivity contribution in [1.82, 2.24) is 4.90 Å². The van der Waals surface area contributed by atoms with Gasteiger partial charge in [-0.2, -0.15) is 0 Å². The molecule has 4 rings (SSSR count). The Morgan fingerprint density at radius 1 is 1.21 bits per heavy atom. The molecule has 0 bridgehead atoms. The number of halogens is 3. The Morgan fingerprint density at radius 3 is 2.68 bits per heavy atom. The number of ether oxygens (including phenoxy) is 1. The van der Waals surface area contributed by atoms with Crippen molar-refractivity contribution in [3.8, 4) is 11.1 Å². The SMILES string of the molecule is COCCCC[C@](O)(c1cccc(F)c1-c1cccc(Cl)c1F)[C@@H]1CCCN(C(=O)[C@H]2C[C@@H](N)[C@@H](O)C2)C1. The van der Waals surface area contributed by atoms with Crippen molar-refractivity contribution in [2.75, 3.05) is 26.8 Å². The number of nitrogens with two attached hydrogens (primary N) is 1. The topological polar surface area (TPSA) is 96.0 Å². The molecule has 5 atom stereocenters. The number of likely N-dealkylation sites (tertiary alicyclic amines) is 1. The van der Waals surface area contributed by atoms with E-state index >= 15 is 8.78 Å². The molecule has 6 nitrogen and oxygen atoms in total. The minimum atomic E-state index is -1.54. The van der Waals surface area contributed by atoms with Crippen LogP contribution >= 0.6 is 11.6 Å². The number of amides is 1. The van der Waals surface area contributed by atoms with Crippen molar-refractivity contribution in [3.05, 3.63) is 58.6 Å². The first-order chi connectivity index (χ1) is 18.2. The van der Waals surface area contributed by atoms with Crippen LogP contribution in [0, 0.1) is 23.5 Å². The van der Waals surface area contributed by atoms with Gasteiger partial charge in [0, 0.05) is 55.8 Å². The molecule has 2 aromatic rings. The van der Waals surface area contributed by atoms with Crippen LogP contribution in [0.2, 0.25) is 5.02 Å². The Kier molecular flexibility index (Phi) is 9.42. The molecule has 1 saturated heterocycles. The van der Waals surface area contributed by atoms with Gasteiger partial charge in [0.25, 0.3) is 0 Å². The van der Waals surface area contributed by atoms with Crippen LogP contribution < -0.4 is 5.73 Å². The molecule has 0 unspecified atom stereocenters. The second-order valence-corrected chi connectivity index (χ2v) is 11.1. The molecule has 0 spiro atoms. The fraction of sp³-hybridized carbons (Fsp3) is 0.552. The predicted molar refractivity (Wildman–Crippen MR) is 142 cm³/mol. The molecule has 38 heavy (non-hydrogen) atoms. The number of aliphatic hydroxyl groups is 2. The lowest BCUT2D eigenvalue weighted by Gasteiger charge is -2.44. The van der Waals surface area contributed by atoms with E-state index in [2.05, 4.69) is 0 Å². The number of methoxy groups -OCH3 is 1.